The van der Waals surface area contributed by atoms with Crippen molar-refractivity contribution < 1.29 is 19.5 Å². The second-order valence-corrected chi connectivity index (χ2v) is 8.68. The summed E-state index contributed by atoms with van der Waals surface area (Å²) in [6, 6.07) is 22.9. The number of oxime groups is 1. The third-order valence-electron chi connectivity index (χ3n) is 7.35. The lowest BCUT2D eigenvalue weighted by molar-refractivity contribution is -0.122. The molecule has 6 nitrogen and oxygen atoms in total. The van der Waals surface area contributed by atoms with Crippen LogP contribution in [-0.2, 0) is 15.0 Å². The summed E-state index contributed by atoms with van der Waals surface area (Å²) in [5.74, 6) is -1.63. The number of para-hydroxylation sites is 2. The molecule has 1 aliphatic heterocycles. The summed E-state index contributed by atoms with van der Waals surface area (Å²) in [5.41, 5.74) is 3.23. The summed E-state index contributed by atoms with van der Waals surface area (Å²) in [6.45, 7) is 2.28. The molecule has 1 N–H and O–H groups in total. The Labute approximate surface area is 191 Å². The van der Waals surface area contributed by atoms with Crippen molar-refractivity contribution >= 4 is 23.7 Å². The van der Waals surface area contributed by atoms with E-state index in [0.717, 1.165) is 22.3 Å². The number of rotatable bonds is 4. The smallest absolute Gasteiger partial charge is 0.239 e. The first kappa shape index (κ1) is 19.7. The molecular formula is C27H22N2O4. The molecule has 0 spiro atoms. The number of imide groups is 1. The van der Waals surface area contributed by atoms with Gasteiger partial charge in [-0.25, -0.2) is 4.90 Å². The Bertz CT molecular complexity index is 1280. The van der Waals surface area contributed by atoms with Crippen LogP contribution in [0.4, 0.5) is 5.69 Å². The first-order valence-electron chi connectivity index (χ1n) is 11.1. The second kappa shape index (κ2) is 7.04. The molecule has 1 fully saturated rings. The predicted octanol–water partition coefficient (Wildman–Crippen LogP) is 4.10. The number of nitrogens with zero attached hydrogens (tertiary/aromatic N) is 2. The Morgan fingerprint density at radius 3 is 2.18 bits per heavy atom. The Hall–Kier alpha value is -3.93. The maximum Gasteiger partial charge on any atom is 0.239 e. The zero-order chi connectivity index (χ0) is 22.7. The molecule has 164 valence electrons. The zero-order valence-corrected chi connectivity index (χ0v) is 18.0. The average Bonchev–Trinajstić information content (AvgIpc) is 3.11. The lowest BCUT2D eigenvalue weighted by Crippen LogP contribution is -2.54. The predicted molar refractivity (Wildman–Crippen MR) is 123 cm³/mol. The van der Waals surface area contributed by atoms with Gasteiger partial charge < -0.3 is 9.94 Å². The molecule has 6 heteroatoms. The molecule has 2 atom stereocenters. The minimum atomic E-state index is -1.04. The van der Waals surface area contributed by atoms with E-state index >= 15 is 0 Å². The monoisotopic (exact) mass is 438 g/mol. The fraction of sp³-hybridized carbons (Fsp3) is 0.222. The van der Waals surface area contributed by atoms with Crippen molar-refractivity contribution in [2.45, 2.75) is 18.3 Å². The molecule has 0 saturated carbocycles. The highest BCUT2D eigenvalue weighted by Crippen LogP contribution is 2.63. The van der Waals surface area contributed by atoms with Crippen LogP contribution in [0.3, 0.4) is 0 Å². The molecule has 7 rings (SSSR count). The molecule has 3 aliphatic carbocycles. The van der Waals surface area contributed by atoms with Crippen molar-refractivity contribution in [3.8, 4) is 5.75 Å². The van der Waals surface area contributed by atoms with Gasteiger partial charge >= 0.3 is 0 Å². The van der Waals surface area contributed by atoms with E-state index < -0.39 is 17.3 Å². The maximum atomic E-state index is 14.1. The van der Waals surface area contributed by atoms with E-state index in [9.17, 15) is 14.8 Å². The molecule has 1 saturated heterocycles. The van der Waals surface area contributed by atoms with Gasteiger partial charge in [-0.15, -0.1) is 5.16 Å². The largest absolute Gasteiger partial charge is 0.492 e. The Balaban J connectivity index is 1.63. The van der Waals surface area contributed by atoms with Gasteiger partial charge in [0.05, 0.1) is 35.8 Å². The standard InChI is InChI=1S/C27H22N2O4/c1-2-33-21-14-8-7-13-20(21)29-25(30)23-22-16-9-3-5-11-18(16)27(15-28-32,24(23)26(29)31)19-12-6-4-10-17(19)22/h3-15,22-24,32H,2H2,1H3/b28-15-/t22?,23-,24+,27?/m1/s1. The summed E-state index contributed by atoms with van der Waals surface area (Å²) >= 11 is 0. The molecule has 0 unspecified atom stereocenters. The Morgan fingerprint density at radius 2 is 1.55 bits per heavy atom. The summed E-state index contributed by atoms with van der Waals surface area (Å²) in [5, 5.41) is 13.2. The fourth-order valence-electron chi connectivity index (χ4n) is 6.30. The van der Waals surface area contributed by atoms with Crippen LogP contribution in [0.25, 0.3) is 0 Å². The van der Waals surface area contributed by atoms with Crippen LogP contribution < -0.4 is 9.64 Å². The summed E-state index contributed by atoms with van der Waals surface area (Å²) < 4.78 is 5.75. The molecule has 0 aromatic heterocycles. The molecule has 2 bridgehead atoms. The van der Waals surface area contributed by atoms with Gasteiger partial charge in [0.1, 0.15) is 5.75 Å². The number of carbonyl (C=O) groups excluding carboxylic acids is 2. The molecule has 3 aromatic rings. The number of carbonyl (C=O) groups is 2. The summed E-state index contributed by atoms with van der Waals surface area (Å²) in [7, 11) is 0. The van der Waals surface area contributed by atoms with Gasteiger partial charge in [0.2, 0.25) is 11.8 Å². The van der Waals surface area contributed by atoms with Crippen LogP contribution in [0.15, 0.2) is 78.0 Å². The number of hydrogen-bond acceptors (Lipinski definition) is 5. The number of benzene rings is 3. The van der Waals surface area contributed by atoms with E-state index in [-0.39, 0.29) is 17.7 Å². The molecule has 0 radical (unpaired) electrons. The van der Waals surface area contributed by atoms with E-state index in [1.165, 1.54) is 11.1 Å². The molecule has 2 amide bonds. The van der Waals surface area contributed by atoms with Crippen molar-refractivity contribution in [3.05, 3.63) is 95.1 Å². The van der Waals surface area contributed by atoms with Gasteiger partial charge in [0, 0.05) is 5.92 Å². The number of anilines is 1. The van der Waals surface area contributed by atoms with Crippen LogP contribution in [0, 0.1) is 11.8 Å². The third kappa shape index (κ3) is 2.35. The molecule has 33 heavy (non-hydrogen) atoms. The third-order valence-corrected chi connectivity index (χ3v) is 7.35. The number of ether oxygens (including phenoxy) is 1. The van der Waals surface area contributed by atoms with Crippen molar-refractivity contribution in [1.82, 2.24) is 0 Å². The Morgan fingerprint density at radius 1 is 0.939 bits per heavy atom. The number of hydrogen-bond donors (Lipinski definition) is 1. The molecule has 3 aromatic carbocycles. The van der Waals surface area contributed by atoms with Gasteiger partial charge in [0.25, 0.3) is 0 Å². The first-order chi connectivity index (χ1) is 16.1. The van der Waals surface area contributed by atoms with E-state index in [4.69, 9.17) is 4.74 Å². The summed E-state index contributed by atoms with van der Waals surface area (Å²) in [6.07, 6.45) is 1.45. The SMILES string of the molecule is CCOc1ccccc1N1C(=O)[C@@H]2C3c4ccccc4C(/C=N\O)(c4ccccc43)[C@@H]2C1=O. The highest BCUT2D eigenvalue weighted by atomic mass is 16.5. The fourth-order valence-corrected chi connectivity index (χ4v) is 6.30. The number of amides is 2. The van der Waals surface area contributed by atoms with Crippen LogP contribution in [0.1, 0.15) is 35.1 Å². The van der Waals surface area contributed by atoms with Crippen LogP contribution in [0.5, 0.6) is 5.75 Å². The van der Waals surface area contributed by atoms with Gasteiger partial charge in [-0.3, -0.25) is 9.59 Å². The van der Waals surface area contributed by atoms with E-state index in [2.05, 4.69) is 5.16 Å². The van der Waals surface area contributed by atoms with Crippen molar-refractivity contribution in [3.63, 3.8) is 0 Å². The van der Waals surface area contributed by atoms with E-state index in [1.807, 2.05) is 61.5 Å². The van der Waals surface area contributed by atoms with Gasteiger partial charge in [-0.2, -0.15) is 0 Å². The van der Waals surface area contributed by atoms with E-state index in [1.54, 1.807) is 18.2 Å². The minimum Gasteiger partial charge on any atom is -0.492 e. The minimum absolute atomic E-state index is 0.248. The second-order valence-electron chi connectivity index (χ2n) is 8.68. The highest BCUT2D eigenvalue weighted by molar-refractivity contribution is 6.25. The molecule has 1 heterocycles. The molecule has 4 aliphatic rings. The quantitative estimate of drug-likeness (QED) is 0.288. The van der Waals surface area contributed by atoms with Crippen LogP contribution in [-0.4, -0.2) is 29.8 Å². The maximum absolute atomic E-state index is 14.1. The van der Waals surface area contributed by atoms with Crippen LogP contribution >= 0.6 is 0 Å². The van der Waals surface area contributed by atoms with Gasteiger partial charge in [-0.05, 0) is 41.3 Å². The van der Waals surface area contributed by atoms with Crippen molar-refractivity contribution in [1.29, 1.82) is 0 Å². The van der Waals surface area contributed by atoms with Gasteiger partial charge in [-0.1, -0.05) is 60.7 Å². The Kier molecular flexibility index (Phi) is 4.21. The average molecular weight is 438 g/mol. The molecular weight excluding hydrogens is 416 g/mol. The van der Waals surface area contributed by atoms with Crippen molar-refractivity contribution in [2.24, 2.45) is 17.0 Å². The van der Waals surface area contributed by atoms with E-state index in [0.29, 0.717) is 18.0 Å². The lowest BCUT2D eigenvalue weighted by atomic mass is 9.47. The highest BCUT2D eigenvalue weighted by Gasteiger charge is 2.68. The lowest BCUT2D eigenvalue weighted by Gasteiger charge is -2.52. The first-order valence-corrected chi connectivity index (χ1v) is 11.1. The van der Waals surface area contributed by atoms with Gasteiger partial charge in [0.15, 0.2) is 0 Å². The van der Waals surface area contributed by atoms with Crippen LogP contribution in [0.2, 0.25) is 0 Å². The summed E-state index contributed by atoms with van der Waals surface area (Å²) in [4.78, 5) is 29.4. The van der Waals surface area contributed by atoms with Crippen molar-refractivity contribution in [2.75, 3.05) is 11.5 Å². The zero-order valence-electron chi connectivity index (χ0n) is 18.0. The normalized spacial score (nSPS) is 26.9. The topological polar surface area (TPSA) is 79.2 Å².